The largest absolute Gasteiger partial charge is 0.355 e. The van der Waals surface area contributed by atoms with Crippen LogP contribution >= 0.6 is 23.2 Å². The molecule has 0 bridgehead atoms. The van der Waals surface area contributed by atoms with Crippen molar-refractivity contribution in [3.05, 3.63) is 82.3 Å². The van der Waals surface area contributed by atoms with E-state index in [1.165, 1.54) is 16.4 Å². The number of anilines is 1. The molecule has 1 N–H and O–H groups in total. The van der Waals surface area contributed by atoms with E-state index < -0.39 is 10.0 Å². The van der Waals surface area contributed by atoms with Crippen LogP contribution in [0, 0.1) is 5.92 Å². The van der Waals surface area contributed by atoms with Crippen LogP contribution in [-0.4, -0.2) is 27.9 Å². The van der Waals surface area contributed by atoms with Gasteiger partial charge >= 0.3 is 0 Å². The fraction of sp³-hybridized carbons (Fsp3) is 0.208. The zero-order valence-electron chi connectivity index (χ0n) is 18.0. The van der Waals surface area contributed by atoms with Gasteiger partial charge in [-0.2, -0.15) is 0 Å². The van der Waals surface area contributed by atoms with Gasteiger partial charge in [0.05, 0.1) is 15.7 Å². The van der Waals surface area contributed by atoms with Crippen LogP contribution in [0.5, 0.6) is 0 Å². The topological polar surface area (TPSA) is 66.5 Å². The number of rotatable bonds is 7. The fourth-order valence-electron chi connectivity index (χ4n) is 3.29. The van der Waals surface area contributed by atoms with Gasteiger partial charge in [0.25, 0.3) is 15.9 Å². The molecule has 0 spiro atoms. The van der Waals surface area contributed by atoms with E-state index in [1.54, 1.807) is 37.4 Å². The molecule has 3 rings (SSSR count). The number of halogens is 2. The van der Waals surface area contributed by atoms with E-state index in [-0.39, 0.29) is 33.3 Å². The molecule has 0 unspecified atom stereocenters. The van der Waals surface area contributed by atoms with Gasteiger partial charge in [-0.05, 0) is 53.4 Å². The number of hydrogen-bond acceptors (Lipinski definition) is 3. The third-order valence-corrected chi connectivity index (χ3v) is 7.61. The molecule has 0 aromatic heterocycles. The highest BCUT2D eigenvalue weighted by atomic mass is 35.5. The number of nitrogens with one attached hydrogen (secondary N) is 1. The van der Waals surface area contributed by atoms with E-state index in [0.717, 1.165) is 11.1 Å². The Balaban J connectivity index is 1.98. The highest BCUT2D eigenvalue weighted by Crippen LogP contribution is 2.35. The molecule has 0 aliphatic heterocycles. The lowest BCUT2D eigenvalue weighted by molar-refractivity contribution is 0.0963. The first-order valence-corrected chi connectivity index (χ1v) is 12.2. The molecule has 0 saturated heterocycles. The quantitative estimate of drug-likeness (QED) is 0.450. The molecular weight excluding hydrogens is 467 g/mol. The maximum atomic E-state index is 13.5. The number of nitrogens with zero attached hydrogens (tertiary/aromatic N) is 1. The van der Waals surface area contributed by atoms with Gasteiger partial charge in [-0.25, -0.2) is 8.42 Å². The molecule has 3 aromatic rings. The van der Waals surface area contributed by atoms with Crippen LogP contribution in [0.15, 0.2) is 71.6 Å². The smallest absolute Gasteiger partial charge is 0.267 e. The van der Waals surface area contributed by atoms with Crippen molar-refractivity contribution in [2.24, 2.45) is 5.92 Å². The molecule has 0 aliphatic rings. The molecule has 8 heteroatoms. The van der Waals surface area contributed by atoms with Crippen LogP contribution in [-0.2, 0) is 10.0 Å². The van der Waals surface area contributed by atoms with E-state index in [2.05, 4.69) is 5.32 Å². The average molecular weight is 491 g/mol. The Morgan fingerprint density at radius 3 is 1.88 bits per heavy atom. The van der Waals surface area contributed by atoms with Crippen molar-refractivity contribution in [2.45, 2.75) is 18.7 Å². The molecule has 0 fully saturated rings. The zero-order valence-corrected chi connectivity index (χ0v) is 20.3. The second-order valence-electron chi connectivity index (χ2n) is 7.68. The van der Waals surface area contributed by atoms with Crippen molar-refractivity contribution in [3.63, 3.8) is 0 Å². The predicted octanol–water partition coefficient (Wildman–Crippen LogP) is 5.87. The summed E-state index contributed by atoms with van der Waals surface area (Å²) in [5.74, 6) is -0.0809. The van der Waals surface area contributed by atoms with Crippen LogP contribution in [0.2, 0.25) is 10.0 Å². The van der Waals surface area contributed by atoms with Crippen molar-refractivity contribution < 1.29 is 13.2 Å². The van der Waals surface area contributed by atoms with Crippen LogP contribution in [0.25, 0.3) is 11.1 Å². The van der Waals surface area contributed by atoms with Gasteiger partial charge in [-0.3, -0.25) is 9.10 Å². The Labute approximate surface area is 199 Å². The first kappa shape index (κ1) is 24.1. The number of amides is 1. The highest BCUT2D eigenvalue weighted by Gasteiger charge is 2.30. The molecule has 3 aromatic carbocycles. The second-order valence-corrected chi connectivity index (χ2v) is 10.3. The first-order valence-electron chi connectivity index (χ1n) is 10.0. The minimum atomic E-state index is -3.98. The van der Waals surface area contributed by atoms with E-state index in [9.17, 15) is 13.2 Å². The third-order valence-electron chi connectivity index (χ3n) is 4.86. The number of sulfonamides is 1. The summed E-state index contributed by atoms with van der Waals surface area (Å²) in [4.78, 5) is 11.6. The Bertz CT molecular complexity index is 1190. The molecule has 0 atom stereocenters. The van der Waals surface area contributed by atoms with E-state index in [0.29, 0.717) is 11.3 Å². The molecule has 0 radical (unpaired) electrons. The maximum absolute atomic E-state index is 13.5. The number of benzene rings is 3. The molecule has 0 saturated carbocycles. The maximum Gasteiger partial charge on any atom is 0.267 e. The van der Waals surface area contributed by atoms with E-state index >= 15 is 0 Å². The second kappa shape index (κ2) is 9.94. The highest BCUT2D eigenvalue weighted by molar-refractivity contribution is 7.93. The molecular formula is C24H24Cl2N2O3S. The average Bonchev–Trinajstić information content (AvgIpc) is 2.77. The Kier molecular flexibility index (Phi) is 7.49. The van der Waals surface area contributed by atoms with Crippen LogP contribution in [0.4, 0.5) is 5.69 Å². The molecule has 5 nitrogen and oxygen atoms in total. The minimum Gasteiger partial charge on any atom is -0.355 e. The molecule has 1 amide bonds. The van der Waals surface area contributed by atoms with Crippen molar-refractivity contribution in [2.75, 3.05) is 17.9 Å². The van der Waals surface area contributed by atoms with Crippen molar-refractivity contribution in [1.29, 1.82) is 0 Å². The Morgan fingerprint density at radius 1 is 0.906 bits per heavy atom. The number of carbonyl (C=O) groups is 1. The standard InChI is InChI=1S/C24H24Cl2N2O3S/c1-16(2)15-28(32(30,31)23-21(25)5-4-6-22(23)26)20-13-11-18(12-14-20)17-7-9-19(10-8-17)24(29)27-3/h4-14,16H,15H2,1-3H3,(H,27,29). The van der Waals surface area contributed by atoms with Gasteiger partial charge in [0.15, 0.2) is 0 Å². The normalized spacial score (nSPS) is 11.4. The molecule has 32 heavy (non-hydrogen) atoms. The van der Waals surface area contributed by atoms with Crippen molar-refractivity contribution in [3.8, 4) is 11.1 Å². The zero-order chi connectivity index (χ0) is 23.5. The third kappa shape index (κ3) is 5.09. The van der Waals surface area contributed by atoms with Gasteiger partial charge < -0.3 is 5.32 Å². The summed E-state index contributed by atoms with van der Waals surface area (Å²) in [5.41, 5.74) is 2.89. The van der Waals surface area contributed by atoms with Crippen LogP contribution in [0.1, 0.15) is 24.2 Å². The summed E-state index contributed by atoms with van der Waals surface area (Å²) in [6.07, 6.45) is 0. The fourth-order valence-corrected chi connectivity index (χ4v) is 6.02. The minimum absolute atomic E-state index is 0.0722. The first-order chi connectivity index (χ1) is 15.1. The van der Waals surface area contributed by atoms with Gasteiger partial charge in [0.1, 0.15) is 4.90 Å². The molecule has 0 aliphatic carbocycles. The summed E-state index contributed by atoms with van der Waals surface area (Å²) in [5, 5.41) is 2.76. The molecule has 0 heterocycles. The lowest BCUT2D eigenvalue weighted by Gasteiger charge is -2.27. The molecule has 168 valence electrons. The van der Waals surface area contributed by atoms with Gasteiger partial charge in [0, 0.05) is 19.2 Å². The number of hydrogen-bond donors (Lipinski definition) is 1. The van der Waals surface area contributed by atoms with Crippen molar-refractivity contribution in [1.82, 2.24) is 5.32 Å². The summed E-state index contributed by atoms with van der Waals surface area (Å²) in [6.45, 7) is 4.16. The Hall–Kier alpha value is -2.54. The lowest BCUT2D eigenvalue weighted by atomic mass is 10.0. The Morgan fingerprint density at radius 2 is 1.41 bits per heavy atom. The summed E-state index contributed by atoms with van der Waals surface area (Å²) < 4.78 is 28.4. The summed E-state index contributed by atoms with van der Waals surface area (Å²) >= 11 is 12.4. The predicted molar refractivity (Wildman–Crippen MR) is 131 cm³/mol. The van der Waals surface area contributed by atoms with Gasteiger partial charge in [0.2, 0.25) is 0 Å². The van der Waals surface area contributed by atoms with Crippen LogP contribution in [0.3, 0.4) is 0 Å². The van der Waals surface area contributed by atoms with Crippen LogP contribution < -0.4 is 9.62 Å². The van der Waals surface area contributed by atoms with Gasteiger partial charge in [-0.1, -0.05) is 67.4 Å². The summed E-state index contributed by atoms with van der Waals surface area (Å²) in [6, 6.07) is 19.0. The summed E-state index contributed by atoms with van der Waals surface area (Å²) in [7, 11) is -2.40. The van der Waals surface area contributed by atoms with E-state index in [4.69, 9.17) is 23.2 Å². The van der Waals surface area contributed by atoms with E-state index in [1.807, 2.05) is 38.1 Å². The SMILES string of the molecule is CNC(=O)c1ccc(-c2ccc(N(CC(C)C)S(=O)(=O)c3c(Cl)cccc3Cl)cc2)cc1. The monoisotopic (exact) mass is 490 g/mol. The van der Waals surface area contributed by atoms with Crippen molar-refractivity contribution >= 4 is 44.8 Å². The number of carbonyl (C=O) groups excluding carboxylic acids is 1. The lowest BCUT2D eigenvalue weighted by Crippen LogP contribution is -2.34. The van der Waals surface area contributed by atoms with Gasteiger partial charge in [-0.15, -0.1) is 0 Å².